The zero-order valence-electron chi connectivity index (χ0n) is 12.4. The van der Waals surface area contributed by atoms with Crippen LogP contribution in [-0.2, 0) is 0 Å². The Bertz CT molecular complexity index is 744. The van der Waals surface area contributed by atoms with Crippen LogP contribution in [0.15, 0.2) is 83.9 Å². The number of benzene rings is 3. The maximum Gasteiger partial charge on any atom is 0.118 e. The first-order valence-corrected chi connectivity index (χ1v) is 7.19. The summed E-state index contributed by atoms with van der Waals surface area (Å²) in [5.41, 5.74) is 4.40. The average molecular weight is 287 g/mol. The van der Waals surface area contributed by atoms with Gasteiger partial charge in [-0.05, 0) is 53.1 Å². The molecule has 0 amide bonds. The van der Waals surface area contributed by atoms with Crippen molar-refractivity contribution in [2.45, 2.75) is 0 Å². The Kier molecular flexibility index (Phi) is 4.30. The smallest absolute Gasteiger partial charge is 0.118 e. The number of methoxy groups -OCH3 is 1. The standard InChI is InChI=1S/C20H17NO/c1-22-20-13-7-16(8-14-20)15-21-19-11-9-18(10-12-19)17-5-3-2-4-6-17/h2-15H,1H3/b21-15+. The average Bonchev–Trinajstić information content (AvgIpc) is 2.61. The highest BCUT2D eigenvalue weighted by atomic mass is 16.5. The molecular formula is C20H17NO. The minimum atomic E-state index is 0.851. The zero-order chi connectivity index (χ0) is 15.2. The third kappa shape index (κ3) is 3.41. The first kappa shape index (κ1) is 14.1. The van der Waals surface area contributed by atoms with E-state index in [9.17, 15) is 0 Å². The Labute approximate surface area is 130 Å². The van der Waals surface area contributed by atoms with Gasteiger partial charge in [0.05, 0.1) is 12.8 Å². The summed E-state index contributed by atoms with van der Waals surface area (Å²) in [4.78, 5) is 4.50. The van der Waals surface area contributed by atoms with Gasteiger partial charge in [-0.3, -0.25) is 4.99 Å². The highest BCUT2D eigenvalue weighted by molar-refractivity contribution is 5.82. The molecular weight excluding hydrogens is 270 g/mol. The molecule has 0 saturated carbocycles. The topological polar surface area (TPSA) is 21.6 Å². The Morgan fingerprint density at radius 1 is 0.727 bits per heavy atom. The van der Waals surface area contributed by atoms with Crippen molar-refractivity contribution in [3.8, 4) is 16.9 Å². The van der Waals surface area contributed by atoms with Gasteiger partial charge < -0.3 is 4.74 Å². The van der Waals surface area contributed by atoms with Crippen LogP contribution in [0.5, 0.6) is 5.75 Å². The second kappa shape index (κ2) is 6.72. The van der Waals surface area contributed by atoms with Crippen molar-refractivity contribution in [1.82, 2.24) is 0 Å². The quantitative estimate of drug-likeness (QED) is 0.611. The molecule has 3 aromatic carbocycles. The van der Waals surface area contributed by atoms with Gasteiger partial charge >= 0.3 is 0 Å². The molecule has 0 unspecified atom stereocenters. The molecule has 3 aromatic rings. The highest BCUT2D eigenvalue weighted by Gasteiger charge is 1.96. The molecule has 0 aliphatic rings. The van der Waals surface area contributed by atoms with Gasteiger partial charge in [0.25, 0.3) is 0 Å². The van der Waals surface area contributed by atoms with E-state index >= 15 is 0 Å². The van der Waals surface area contributed by atoms with Gasteiger partial charge in [0.2, 0.25) is 0 Å². The molecule has 0 radical (unpaired) electrons. The van der Waals surface area contributed by atoms with E-state index in [0.717, 1.165) is 17.0 Å². The number of aliphatic imine (C=N–C) groups is 1. The van der Waals surface area contributed by atoms with Gasteiger partial charge in [0.15, 0.2) is 0 Å². The predicted molar refractivity (Wildman–Crippen MR) is 92.1 cm³/mol. The largest absolute Gasteiger partial charge is 0.497 e. The summed E-state index contributed by atoms with van der Waals surface area (Å²) in [5, 5.41) is 0. The van der Waals surface area contributed by atoms with Crippen molar-refractivity contribution in [2.24, 2.45) is 4.99 Å². The molecule has 0 aliphatic heterocycles. The lowest BCUT2D eigenvalue weighted by Crippen LogP contribution is -1.84. The van der Waals surface area contributed by atoms with E-state index in [2.05, 4.69) is 29.3 Å². The van der Waals surface area contributed by atoms with E-state index in [-0.39, 0.29) is 0 Å². The van der Waals surface area contributed by atoms with Crippen LogP contribution in [0.25, 0.3) is 11.1 Å². The molecule has 0 aliphatic carbocycles. The van der Waals surface area contributed by atoms with E-state index in [1.807, 2.05) is 60.8 Å². The molecule has 2 nitrogen and oxygen atoms in total. The van der Waals surface area contributed by atoms with Gasteiger partial charge in [-0.1, -0.05) is 42.5 Å². The zero-order valence-corrected chi connectivity index (χ0v) is 12.4. The maximum absolute atomic E-state index is 5.14. The summed E-state index contributed by atoms with van der Waals surface area (Å²) in [6.07, 6.45) is 1.86. The van der Waals surface area contributed by atoms with Crippen LogP contribution >= 0.6 is 0 Å². The Morgan fingerprint density at radius 3 is 2.00 bits per heavy atom. The molecule has 3 rings (SSSR count). The Morgan fingerprint density at radius 2 is 1.36 bits per heavy atom. The van der Waals surface area contributed by atoms with Crippen LogP contribution in [0.1, 0.15) is 5.56 Å². The SMILES string of the molecule is COc1ccc(/C=N/c2ccc(-c3ccccc3)cc2)cc1. The van der Waals surface area contributed by atoms with E-state index < -0.39 is 0 Å². The molecule has 0 spiro atoms. The normalized spacial score (nSPS) is 10.8. The van der Waals surface area contributed by atoms with Crippen molar-refractivity contribution in [3.63, 3.8) is 0 Å². The molecule has 108 valence electrons. The number of hydrogen-bond acceptors (Lipinski definition) is 2. The third-order valence-electron chi connectivity index (χ3n) is 3.45. The lowest BCUT2D eigenvalue weighted by Gasteiger charge is -2.02. The fraction of sp³-hybridized carbons (Fsp3) is 0.0500. The highest BCUT2D eigenvalue weighted by Crippen LogP contribution is 2.22. The molecule has 0 atom stereocenters. The number of ether oxygens (including phenoxy) is 1. The molecule has 2 heteroatoms. The molecule has 0 aromatic heterocycles. The van der Waals surface area contributed by atoms with Gasteiger partial charge in [-0.2, -0.15) is 0 Å². The van der Waals surface area contributed by atoms with Crippen LogP contribution in [-0.4, -0.2) is 13.3 Å². The molecule has 0 fully saturated rings. The van der Waals surface area contributed by atoms with Crippen molar-refractivity contribution >= 4 is 11.9 Å². The van der Waals surface area contributed by atoms with Gasteiger partial charge in [-0.25, -0.2) is 0 Å². The lowest BCUT2D eigenvalue weighted by molar-refractivity contribution is 0.415. The van der Waals surface area contributed by atoms with Crippen LogP contribution < -0.4 is 4.74 Å². The van der Waals surface area contributed by atoms with Gasteiger partial charge in [-0.15, -0.1) is 0 Å². The van der Waals surface area contributed by atoms with Gasteiger partial charge in [0, 0.05) is 6.21 Å². The van der Waals surface area contributed by atoms with Crippen molar-refractivity contribution < 1.29 is 4.74 Å². The van der Waals surface area contributed by atoms with Crippen molar-refractivity contribution in [1.29, 1.82) is 0 Å². The summed E-state index contributed by atoms with van der Waals surface area (Å²) in [7, 11) is 1.66. The van der Waals surface area contributed by atoms with Crippen LogP contribution in [0.3, 0.4) is 0 Å². The molecule has 0 bridgehead atoms. The summed E-state index contributed by atoms with van der Waals surface area (Å²) < 4.78 is 5.14. The molecule has 0 saturated heterocycles. The molecule has 22 heavy (non-hydrogen) atoms. The van der Waals surface area contributed by atoms with Crippen LogP contribution in [0, 0.1) is 0 Å². The lowest BCUT2D eigenvalue weighted by atomic mass is 10.1. The van der Waals surface area contributed by atoms with Crippen LogP contribution in [0.2, 0.25) is 0 Å². The third-order valence-corrected chi connectivity index (χ3v) is 3.45. The van der Waals surface area contributed by atoms with E-state index in [0.29, 0.717) is 0 Å². The molecule has 0 N–H and O–H groups in total. The second-order valence-corrected chi connectivity index (χ2v) is 4.94. The fourth-order valence-electron chi connectivity index (χ4n) is 2.21. The first-order valence-electron chi connectivity index (χ1n) is 7.19. The number of rotatable bonds is 4. The van der Waals surface area contributed by atoms with Crippen LogP contribution in [0.4, 0.5) is 5.69 Å². The number of nitrogens with zero attached hydrogens (tertiary/aromatic N) is 1. The number of hydrogen-bond donors (Lipinski definition) is 0. The second-order valence-electron chi connectivity index (χ2n) is 4.94. The van der Waals surface area contributed by atoms with Crippen molar-refractivity contribution in [3.05, 3.63) is 84.4 Å². The monoisotopic (exact) mass is 287 g/mol. The fourth-order valence-corrected chi connectivity index (χ4v) is 2.21. The minimum absolute atomic E-state index is 0.851. The summed E-state index contributed by atoms with van der Waals surface area (Å²) in [5.74, 6) is 0.851. The van der Waals surface area contributed by atoms with E-state index in [1.54, 1.807) is 7.11 Å². The summed E-state index contributed by atoms with van der Waals surface area (Å²) in [6, 6.07) is 26.4. The van der Waals surface area contributed by atoms with Crippen molar-refractivity contribution in [2.75, 3.05) is 7.11 Å². The maximum atomic E-state index is 5.14. The summed E-state index contributed by atoms with van der Waals surface area (Å²) >= 11 is 0. The predicted octanol–water partition coefficient (Wildman–Crippen LogP) is 5.11. The summed E-state index contributed by atoms with van der Waals surface area (Å²) in [6.45, 7) is 0. The van der Waals surface area contributed by atoms with E-state index in [1.165, 1.54) is 11.1 Å². The molecule has 0 heterocycles. The minimum Gasteiger partial charge on any atom is -0.497 e. The van der Waals surface area contributed by atoms with Gasteiger partial charge in [0.1, 0.15) is 5.75 Å². The first-order chi connectivity index (χ1) is 10.8. The van der Waals surface area contributed by atoms with E-state index in [4.69, 9.17) is 4.74 Å². The Balaban J connectivity index is 1.74. The Hall–Kier alpha value is -2.87.